The molecule has 1 aromatic rings. The zero-order valence-corrected chi connectivity index (χ0v) is 9.92. The SMILES string of the molecule is N#CCN(CC#N)C(=O)c1cc2c(cc1N)OCO2. The molecule has 0 saturated heterocycles. The fraction of sp³-hybridized carbons (Fsp3) is 0.250. The van der Waals surface area contributed by atoms with Crippen LogP contribution in [0.3, 0.4) is 0 Å². The summed E-state index contributed by atoms with van der Waals surface area (Å²) in [5, 5.41) is 17.3. The molecule has 1 aliphatic rings. The fourth-order valence-corrected chi connectivity index (χ4v) is 1.68. The summed E-state index contributed by atoms with van der Waals surface area (Å²) in [5.74, 6) is 0.409. The van der Waals surface area contributed by atoms with Crippen LogP contribution in [0.5, 0.6) is 11.5 Å². The lowest BCUT2D eigenvalue weighted by atomic mass is 10.1. The molecule has 0 atom stereocenters. The second kappa shape index (κ2) is 5.15. The molecule has 0 bridgehead atoms. The molecule has 0 saturated carbocycles. The van der Waals surface area contributed by atoms with Crippen molar-refractivity contribution >= 4 is 11.6 Å². The number of anilines is 1. The molecule has 7 nitrogen and oxygen atoms in total. The average Bonchev–Trinajstić information content (AvgIpc) is 2.83. The van der Waals surface area contributed by atoms with Crippen molar-refractivity contribution in [1.29, 1.82) is 10.5 Å². The topological polar surface area (TPSA) is 112 Å². The minimum absolute atomic E-state index is 0.0759. The van der Waals surface area contributed by atoms with Crippen LogP contribution in [0.15, 0.2) is 12.1 Å². The number of carbonyl (C=O) groups is 1. The molecule has 7 heteroatoms. The Morgan fingerprint density at radius 1 is 1.26 bits per heavy atom. The van der Waals surface area contributed by atoms with Gasteiger partial charge in [-0.25, -0.2) is 0 Å². The van der Waals surface area contributed by atoms with Gasteiger partial charge in [0.15, 0.2) is 11.5 Å². The number of nitriles is 2. The zero-order valence-electron chi connectivity index (χ0n) is 9.92. The third-order valence-corrected chi connectivity index (χ3v) is 2.59. The Morgan fingerprint density at radius 2 is 1.84 bits per heavy atom. The van der Waals surface area contributed by atoms with Gasteiger partial charge < -0.3 is 20.1 Å². The van der Waals surface area contributed by atoms with Gasteiger partial charge in [0.2, 0.25) is 6.79 Å². The summed E-state index contributed by atoms with van der Waals surface area (Å²) in [6, 6.07) is 6.62. The first-order chi connectivity index (χ1) is 9.17. The second-order valence-corrected chi connectivity index (χ2v) is 3.77. The summed E-state index contributed by atoms with van der Waals surface area (Å²) >= 11 is 0. The highest BCUT2D eigenvalue weighted by atomic mass is 16.7. The summed E-state index contributed by atoms with van der Waals surface area (Å²) in [5.41, 5.74) is 6.18. The van der Waals surface area contributed by atoms with Gasteiger partial charge in [0, 0.05) is 11.8 Å². The van der Waals surface area contributed by atoms with Gasteiger partial charge in [-0.15, -0.1) is 0 Å². The molecule has 1 amide bonds. The lowest BCUT2D eigenvalue weighted by molar-refractivity contribution is 0.0795. The standard InChI is InChI=1S/C12H10N4O3/c13-1-3-16(4-2-14)12(17)8-5-10-11(6-9(8)15)19-7-18-10/h5-6H,3-4,7,15H2. The third kappa shape index (κ3) is 2.35. The Balaban J connectivity index is 2.33. The van der Waals surface area contributed by atoms with Gasteiger partial charge in [-0.3, -0.25) is 4.79 Å². The van der Waals surface area contributed by atoms with E-state index in [1.165, 1.54) is 12.1 Å². The van der Waals surface area contributed by atoms with E-state index in [0.29, 0.717) is 11.5 Å². The van der Waals surface area contributed by atoms with Crippen LogP contribution in [0.2, 0.25) is 0 Å². The Labute approximate surface area is 109 Å². The summed E-state index contributed by atoms with van der Waals surface area (Å²) in [4.78, 5) is 13.3. The van der Waals surface area contributed by atoms with E-state index in [2.05, 4.69) is 0 Å². The molecular formula is C12H10N4O3. The first-order valence-electron chi connectivity index (χ1n) is 5.39. The number of ether oxygens (including phenoxy) is 2. The second-order valence-electron chi connectivity index (χ2n) is 3.77. The number of fused-ring (bicyclic) bond motifs is 1. The van der Waals surface area contributed by atoms with E-state index >= 15 is 0 Å². The maximum Gasteiger partial charge on any atom is 0.257 e. The van der Waals surface area contributed by atoms with Crippen LogP contribution in [-0.4, -0.2) is 30.7 Å². The van der Waals surface area contributed by atoms with E-state index in [4.69, 9.17) is 25.7 Å². The summed E-state index contributed by atoms with van der Waals surface area (Å²) in [6.07, 6.45) is 0. The minimum atomic E-state index is -0.487. The van der Waals surface area contributed by atoms with Crippen LogP contribution < -0.4 is 15.2 Å². The Morgan fingerprint density at radius 3 is 2.42 bits per heavy atom. The van der Waals surface area contributed by atoms with Gasteiger partial charge in [-0.05, 0) is 6.07 Å². The number of carbonyl (C=O) groups excluding carboxylic acids is 1. The van der Waals surface area contributed by atoms with Gasteiger partial charge in [0.25, 0.3) is 5.91 Å². The molecule has 0 fully saturated rings. The highest BCUT2D eigenvalue weighted by Gasteiger charge is 2.23. The lowest BCUT2D eigenvalue weighted by Gasteiger charge is -2.17. The van der Waals surface area contributed by atoms with Gasteiger partial charge in [0.1, 0.15) is 13.1 Å². The van der Waals surface area contributed by atoms with Gasteiger partial charge in [-0.2, -0.15) is 10.5 Å². The van der Waals surface area contributed by atoms with Crippen molar-refractivity contribution < 1.29 is 14.3 Å². The highest BCUT2D eigenvalue weighted by Crippen LogP contribution is 2.36. The number of amides is 1. The molecule has 1 heterocycles. The van der Waals surface area contributed by atoms with Crippen LogP contribution in [-0.2, 0) is 0 Å². The van der Waals surface area contributed by atoms with Gasteiger partial charge in [-0.1, -0.05) is 0 Å². The van der Waals surface area contributed by atoms with Crippen LogP contribution in [0, 0.1) is 22.7 Å². The van der Waals surface area contributed by atoms with Crippen LogP contribution in [0.1, 0.15) is 10.4 Å². The van der Waals surface area contributed by atoms with E-state index in [1.54, 1.807) is 0 Å². The van der Waals surface area contributed by atoms with Crippen LogP contribution in [0.25, 0.3) is 0 Å². The molecule has 19 heavy (non-hydrogen) atoms. The summed E-state index contributed by atoms with van der Waals surface area (Å²) < 4.78 is 10.3. The number of benzene rings is 1. The average molecular weight is 258 g/mol. The molecule has 1 aliphatic heterocycles. The van der Waals surface area contributed by atoms with Crippen molar-refractivity contribution in [2.75, 3.05) is 25.6 Å². The molecule has 0 unspecified atom stereocenters. The van der Waals surface area contributed by atoms with Crippen molar-refractivity contribution in [3.8, 4) is 23.6 Å². The first-order valence-corrected chi connectivity index (χ1v) is 5.39. The van der Waals surface area contributed by atoms with E-state index in [0.717, 1.165) is 4.90 Å². The maximum atomic E-state index is 12.2. The number of hydrogen-bond acceptors (Lipinski definition) is 6. The van der Waals surface area contributed by atoms with Crippen molar-refractivity contribution in [1.82, 2.24) is 4.90 Å². The third-order valence-electron chi connectivity index (χ3n) is 2.59. The Bertz CT molecular complexity index is 584. The minimum Gasteiger partial charge on any atom is -0.454 e. The lowest BCUT2D eigenvalue weighted by Crippen LogP contribution is -2.32. The van der Waals surface area contributed by atoms with Crippen molar-refractivity contribution in [3.63, 3.8) is 0 Å². The van der Waals surface area contributed by atoms with Gasteiger partial charge in [0.05, 0.1) is 17.7 Å². The molecule has 2 N–H and O–H groups in total. The molecule has 2 rings (SSSR count). The zero-order chi connectivity index (χ0) is 13.8. The quantitative estimate of drug-likeness (QED) is 0.623. The van der Waals surface area contributed by atoms with E-state index < -0.39 is 5.91 Å². The molecule has 1 aromatic carbocycles. The number of nitrogens with two attached hydrogens (primary N) is 1. The molecule has 96 valence electrons. The van der Waals surface area contributed by atoms with Gasteiger partial charge >= 0.3 is 0 Å². The molecule has 0 aromatic heterocycles. The molecule has 0 spiro atoms. The molecular weight excluding hydrogens is 248 g/mol. The smallest absolute Gasteiger partial charge is 0.257 e. The predicted octanol–water partition coefficient (Wildman–Crippen LogP) is 0.487. The number of hydrogen-bond donors (Lipinski definition) is 1. The molecule has 0 radical (unpaired) electrons. The van der Waals surface area contributed by atoms with Crippen molar-refractivity contribution in [2.45, 2.75) is 0 Å². The Kier molecular flexibility index (Phi) is 3.39. The Hall–Kier alpha value is -2.93. The number of nitrogens with zero attached hydrogens (tertiary/aromatic N) is 3. The predicted molar refractivity (Wildman–Crippen MR) is 64.1 cm³/mol. The highest BCUT2D eigenvalue weighted by molar-refractivity contribution is 6.00. The number of rotatable bonds is 3. The first kappa shape index (κ1) is 12.5. The maximum absolute atomic E-state index is 12.2. The molecule has 0 aliphatic carbocycles. The normalized spacial score (nSPS) is 11.5. The number of nitrogen functional groups attached to an aromatic ring is 1. The monoisotopic (exact) mass is 258 g/mol. The van der Waals surface area contributed by atoms with Crippen LogP contribution >= 0.6 is 0 Å². The summed E-state index contributed by atoms with van der Waals surface area (Å²) in [6.45, 7) is -0.285. The van der Waals surface area contributed by atoms with E-state index in [9.17, 15) is 4.79 Å². The van der Waals surface area contributed by atoms with Crippen molar-refractivity contribution in [2.24, 2.45) is 0 Å². The van der Waals surface area contributed by atoms with E-state index in [1.807, 2.05) is 12.1 Å². The van der Waals surface area contributed by atoms with Crippen molar-refractivity contribution in [3.05, 3.63) is 17.7 Å². The van der Waals surface area contributed by atoms with E-state index in [-0.39, 0.29) is 31.1 Å². The summed E-state index contributed by atoms with van der Waals surface area (Å²) in [7, 11) is 0. The fourth-order valence-electron chi connectivity index (χ4n) is 1.68. The largest absolute Gasteiger partial charge is 0.454 e. The van der Waals surface area contributed by atoms with Crippen LogP contribution in [0.4, 0.5) is 5.69 Å².